The zero-order valence-electron chi connectivity index (χ0n) is 19.0. The lowest BCUT2D eigenvalue weighted by Gasteiger charge is -2.20. The van der Waals surface area contributed by atoms with E-state index in [-0.39, 0.29) is 17.7 Å². The molecule has 1 amide bonds. The third-order valence-electron chi connectivity index (χ3n) is 5.16. The van der Waals surface area contributed by atoms with Gasteiger partial charge in [-0.3, -0.25) is 9.36 Å². The fraction of sp³-hybridized carbons (Fsp3) is 0.192. The van der Waals surface area contributed by atoms with Gasteiger partial charge in [-0.2, -0.15) is 0 Å². The van der Waals surface area contributed by atoms with Crippen LogP contribution in [0.2, 0.25) is 0 Å². The molecule has 1 atom stereocenters. The third-order valence-corrected chi connectivity index (χ3v) is 6.11. The summed E-state index contributed by atoms with van der Waals surface area (Å²) in [6.07, 6.45) is 1.63. The zero-order chi connectivity index (χ0) is 23.8. The maximum Gasteiger partial charge on any atom is 0.231 e. The number of nitrogens with one attached hydrogen (secondary N) is 1. The van der Waals surface area contributed by atoms with Crippen molar-refractivity contribution in [1.29, 1.82) is 0 Å². The van der Waals surface area contributed by atoms with Gasteiger partial charge in [0.05, 0.1) is 25.5 Å². The second kappa shape index (κ2) is 11.4. The molecule has 0 radical (unpaired) electrons. The highest BCUT2D eigenvalue weighted by Crippen LogP contribution is 2.26. The molecule has 0 bridgehead atoms. The van der Waals surface area contributed by atoms with E-state index < -0.39 is 0 Å². The highest BCUT2D eigenvalue weighted by molar-refractivity contribution is 7.99. The Morgan fingerprint density at radius 1 is 0.971 bits per heavy atom. The van der Waals surface area contributed by atoms with Crippen molar-refractivity contribution >= 4 is 17.7 Å². The van der Waals surface area contributed by atoms with Gasteiger partial charge in [-0.25, -0.2) is 0 Å². The van der Waals surface area contributed by atoms with Gasteiger partial charge in [0.15, 0.2) is 5.16 Å². The lowest BCUT2D eigenvalue weighted by atomic mass is 9.98. The Labute approximate surface area is 203 Å². The van der Waals surface area contributed by atoms with Crippen LogP contribution in [0.25, 0.3) is 5.69 Å². The summed E-state index contributed by atoms with van der Waals surface area (Å²) >= 11 is 1.33. The number of carbonyl (C=O) groups excluding carboxylic acids is 1. The molecule has 1 N–H and O–H groups in total. The van der Waals surface area contributed by atoms with Gasteiger partial charge in [0.25, 0.3) is 0 Å². The number of rotatable bonds is 10. The number of thioether (sulfide) groups is 1. The molecule has 8 heteroatoms. The highest BCUT2D eigenvalue weighted by atomic mass is 32.2. The Balaban J connectivity index is 1.46. The first-order valence-corrected chi connectivity index (χ1v) is 11.9. The summed E-state index contributed by atoms with van der Waals surface area (Å²) in [5.41, 5.74) is 2.88. The average Bonchev–Trinajstić information content (AvgIpc) is 3.36. The molecule has 0 aliphatic rings. The van der Waals surface area contributed by atoms with E-state index in [0.717, 1.165) is 28.3 Å². The zero-order valence-corrected chi connectivity index (χ0v) is 19.9. The number of amides is 1. The van der Waals surface area contributed by atoms with E-state index in [1.165, 1.54) is 11.8 Å². The molecule has 1 heterocycles. The molecular formula is C26H26N4O3S. The molecule has 7 nitrogen and oxygen atoms in total. The van der Waals surface area contributed by atoms with Crippen LogP contribution in [0.15, 0.2) is 90.3 Å². The molecule has 34 heavy (non-hydrogen) atoms. The summed E-state index contributed by atoms with van der Waals surface area (Å²) in [6.45, 7) is 2.56. The number of nitrogens with zero attached hydrogens (tertiary/aromatic N) is 3. The number of ether oxygens (including phenoxy) is 2. The van der Waals surface area contributed by atoms with Gasteiger partial charge >= 0.3 is 0 Å². The molecule has 174 valence electrons. The Morgan fingerprint density at radius 2 is 1.65 bits per heavy atom. The minimum absolute atomic E-state index is 0.1000. The van der Waals surface area contributed by atoms with Gasteiger partial charge in [0, 0.05) is 5.69 Å². The third kappa shape index (κ3) is 5.77. The van der Waals surface area contributed by atoms with E-state index in [1.807, 2.05) is 90.4 Å². The number of methoxy groups -OCH3 is 1. The van der Waals surface area contributed by atoms with Crippen LogP contribution >= 0.6 is 11.8 Å². The van der Waals surface area contributed by atoms with Crippen LogP contribution in [0.3, 0.4) is 0 Å². The molecule has 4 aromatic rings. The fourth-order valence-corrected chi connectivity index (χ4v) is 4.24. The Kier molecular flexibility index (Phi) is 7.83. The molecule has 0 aliphatic heterocycles. The molecule has 0 saturated carbocycles. The SMILES string of the molecule is CCOc1ccc(C(NC(=O)CSc2nncn2-c2ccc(OC)cc2)c2ccccc2)cc1. The number of carbonyl (C=O) groups is 1. The van der Waals surface area contributed by atoms with Crippen molar-refractivity contribution in [2.24, 2.45) is 0 Å². The molecule has 0 saturated heterocycles. The average molecular weight is 475 g/mol. The van der Waals surface area contributed by atoms with E-state index in [0.29, 0.717) is 11.8 Å². The number of benzene rings is 3. The van der Waals surface area contributed by atoms with E-state index in [9.17, 15) is 4.79 Å². The minimum Gasteiger partial charge on any atom is -0.497 e. The summed E-state index contributed by atoms with van der Waals surface area (Å²) < 4.78 is 12.6. The van der Waals surface area contributed by atoms with Gasteiger partial charge in [-0.15, -0.1) is 10.2 Å². The second-order valence-electron chi connectivity index (χ2n) is 7.38. The molecule has 4 rings (SSSR count). The van der Waals surface area contributed by atoms with Crippen molar-refractivity contribution in [2.45, 2.75) is 18.1 Å². The van der Waals surface area contributed by atoms with E-state index in [4.69, 9.17) is 9.47 Å². The van der Waals surface area contributed by atoms with Crippen molar-refractivity contribution in [1.82, 2.24) is 20.1 Å². The maximum absolute atomic E-state index is 13.0. The number of hydrogen-bond donors (Lipinski definition) is 1. The van der Waals surface area contributed by atoms with Crippen molar-refractivity contribution in [2.75, 3.05) is 19.5 Å². The van der Waals surface area contributed by atoms with Crippen LogP contribution in [0.4, 0.5) is 0 Å². The van der Waals surface area contributed by atoms with E-state index in [2.05, 4.69) is 15.5 Å². The summed E-state index contributed by atoms with van der Waals surface area (Å²) in [4.78, 5) is 13.0. The van der Waals surface area contributed by atoms with Gasteiger partial charge in [-0.05, 0) is 54.4 Å². The van der Waals surface area contributed by atoms with Crippen LogP contribution in [-0.4, -0.2) is 40.1 Å². The molecule has 1 aromatic heterocycles. The fourth-order valence-electron chi connectivity index (χ4n) is 3.50. The lowest BCUT2D eigenvalue weighted by Crippen LogP contribution is -2.30. The molecule has 0 fully saturated rings. The second-order valence-corrected chi connectivity index (χ2v) is 8.33. The molecule has 0 aliphatic carbocycles. The predicted molar refractivity (Wildman–Crippen MR) is 133 cm³/mol. The van der Waals surface area contributed by atoms with Crippen LogP contribution in [0.1, 0.15) is 24.1 Å². The standard InChI is InChI=1S/C26H26N4O3S/c1-3-33-23-13-9-20(10-14-23)25(19-7-5-4-6-8-19)28-24(31)17-34-26-29-27-18-30(26)21-11-15-22(32-2)16-12-21/h4-16,18,25H,3,17H2,1-2H3,(H,28,31). The number of hydrogen-bond acceptors (Lipinski definition) is 6. The minimum atomic E-state index is -0.274. The van der Waals surface area contributed by atoms with E-state index >= 15 is 0 Å². The summed E-state index contributed by atoms with van der Waals surface area (Å²) in [6, 6.07) is 25.0. The van der Waals surface area contributed by atoms with Gasteiger partial charge < -0.3 is 14.8 Å². The van der Waals surface area contributed by atoms with Gasteiger partial charge in [0.2, 0.25) is 5.91 Å². The monoisotopic (exact) mass is 474 g/mol. The summed E-state index contributed by atoms with van der Waals surface area (Å²) in [7, 11) is 1.63. The lowest BCUT2D eigenvalue weighted by molar-refractivity contribution is -0.119. The largest absolute Gasteiger partial charge is 0.497 e. The van der Waals surface area contributed by atoms with Crippen molar-refractivity contribution in [3.05, 3.63) is 96.3 Å². The Hall–Kier alpha value is -3.78. The van der Waals surface area contributed by atoms with E-state index in [1.54, 1.807) is 13.4 Å². The van der Waals surface area contributed by atoms with Crippen molar-refractivity contribution < 1.29 is 14.3 Å². The van der Waals surface area contributed by atoms with Crippen LogP contribution in [-0.2, 0) is 4.79 Å². The number of aromatic nitrogens is 3. The summed E-state index contributed by atoms with van der Waals surface area (Å²) in [5.74, 6) is 1.68. The van der Waals surface area contributed by atoms with Crippen LogP contribution in [0, 0.1) is 0 Å². The van der Waals surface area contributed by atoms with Crippen molar-refractivity contribution in [3.8, 4) is 17.2 Å². The predicted octanol–water partition coefficient (Wildman–Crippen LogP) is 4.67. The summed E-state index contributed by atoms with van der Waals surface area (Å²) in [5, 5.41) is 12.0. The topological polar surface area (TPSA) is 78.3 Å². The Morgan fingerprint density at radius 3 is 2.32 bits per heavy atom. The molecule has 0 spiro atoms. The smallest absolute Gasteiger partial charge is 0.231 e. The molecule has 3 aromatic carbocycles. The normalized spacial score (nSPS) is 11.6. The Bertz CT molecular complexity index is 1190. The quantitative estimate of drug-likeness (QED) is 0.337. The first-order chi connectivity index (χ1) is 16.7. The first-order valence-electron chi connectivity index (χ1n) is 10.9. The van der Waals surface area contributed by atoms with Gasteiger partial charge in [0.1, 0.15) is 17.8 Å². The highest BCUT2D eigenvalue weighted by Gasteiger charge is 2.18. The first kappa shape index (κ1) is 23.4. The molecule has 1 unspecified atom stereocenters. The molecular weight excluding hydrogens is 448 g/mol. The maximum atomic E-state index is 13.0. The van der Waals surface area contributed by atoms with Crippen molar-refractivity contribution in [3.63, 3.8) is 0 Å². The van der Waals surface area contributed by atoms with Crippen LogP contribution in [0.5, 0.6) is 11.5 Å². The van der Waals surface area contributed by atoms with Crippen LogP contribution < -0.4 is 14.8 Å². The van der Waals surface area contributed by atoms with Gasteiger partial charge in [-0.1, -0.05) is 54.2 Å².